The van der Waals surface area contributed by atoms with Crippen LogP contribution in [0.2, 0.25) is 0 Å². The number of benzene rings is 2. The monoisotopic (exact) mass is 377 g/mol. The lowest BCUT2D eigenvalue weighted by molar-refractivity contribution is -0.118. The third-order valence-electron chi connectivity index (χ3n) is 4.53. The van der Waals surface area contributed by atoms with Crippen LogP contribution in [0.15, 0.2) is 65.2 Å². The summed E-state index contributed by atoms with van der Waals surface area (Å²) in [6.07, 6.45) is 1.57. The molecule has 5 nitrogen and oxygen atoms in total. The second-order valence-corrected chi connectivity index (χ2v) is 7.88. The summed E-state index contributed by atoms with van der Waals surface area (Å²) >= 11 is 0. The van der Waals surface area contributed by atoms with E-state index in [4.69, 9.17) is 4.52 Å². The van der Waals surface area contributed by atoms with Gasteiger partial charge in [-0.25, -0.2) is 0 Å². The zero-order chi connectivity index (χ0) is 20.0. The molecule has 3 aromatic rings. The molecular weight excluding hydrogens is 350 g/mol. The van der Waals surface area contributed by atoms with Crippen LogP contribution in [0.25, 0.3) is 0 Å². The molecule has 0 atom stereocenters. The highest BCUT2D eigenvalue weighted by Gasteiger charge is 2.22. The van der Waals surface area contributed by atoms with Crippen molar-refractivity contribution in [1.29, 1.82) is 0 Å². The molecule has 0 bridgehead atoms. The molecule has 1 aromatic heterocycles. The summed E-state index contributed by atoms with van der Waals surface area (Å²) in [6, 6.07) is 20.0. The lowest BCUT2D eigenvalue weighted by atomic mass is 9.96. The standard InChI is InChI=1S/C23H27N3O2/c1-23(2,3)22-24-20(28-25-22)14-15-21(27)26(19-12-8-5-9-13-19)17-16-18-10-6-4-7-11-18/h4-13H,14-17H2,1-3H3. The van der Waals surface area contributed by atoms with E-state index in [-0.39, 0.29) is 11.3 Å². The van der Waals surface area contributed by atoms with Crippen LogP contribution in [0.4, 0.5) is 5.69 Å². The summed E-state index contributed by atoms with van der Waals surface area (Å²) in [5.41, 5.74) is 1.95. The average molecular weight is 377 g/mol. The third kappa shape index (κ3) is 5.28. The Kier molecular flexibility index (Phi) is 6.24. The number of carbonyl (C=O) groups is 1. The Morgan fingerprint density at radius 1 is 0.964 bits per heavy atom. The van der Waals surface area contributed by atoms with Crippen LogP contribution in [0.5, 0.6) is 0 Å². The molecule has 5 heteroatoms. The molecule has 2 aromatic carbocycles. The second-order valence-electron chi connectivity index (χ2n) is 7.88. The van der Waals surface area contributed by atoms with E-state index in [1.54, 1.807) is 0 Å². The predicted molar refractivity (Wildman–Crippen MR) is 110 cm³/mol. The van der Waals surface area contributed by atoms with Gasteiger partial charge in [-0.15, -0.1) is 0 Å². The molecule has 28 heavy (non-hydrogen) atoms. The van der Waals surface area contributed by atoms with Crippen LogP contribution >= 0.6 is 0 Å². The lowest BCUT2D eigenvalue weighted by Gasteiger charge is -2.23. The van der Waals surface area contributed by atoms with E-state index < -0.39 is 0 Å². The van der Waals surface area contributed by atoms with Gasteiger partial charge in [0, 0.05) is 30.5 Å². The first-order chi connectivity index (χ1) is 13.4. The van der Waals surface area contributed by atoms with Crippen molar-refractivity contribution in [3.63, 3.8) is 0 Å². The summed E-state index contributed by atoms with van der Waals surface area (Å²) in [6.45, 7) is 6.73. The summed E-state index contributed by atoms with van der Waals surface area (Å²) < 4.78 is 5.32. The molecule has 146 valence electrons. The molecule has 0 saturated heterocycles. The van der Waals surface area contributed by atoms with Gasteiger partial charge in [0.15, 0.2) is 5.82 Å². The van der Waals surface area contributed by atoms with Crippen LogP contribution in [-0.2, 0) is 23.1 Å². The van der Waals surface area contributed by atoms with Crippen LogP contribution in [0, 0.1) is 0 Å². The number of aryl methyl sites for hydroxylation is 1. The first-order valence-corrected chi connectivity index (χ1v) is 9.66. The van der Waals surface area contributed by atoms with Gasteiger partial charge in [0.05, 0.1) is 0 Å². The quantitative estimate of drug-likeness (QED) is 0.605. The van der Waals surface area contributed by atoms with Crippen molar-refractivity contribution in [1.82, 2.24) is 10.1 Å². The molecule has 0 saturated carbocycles. The summed E-state index contributed by atoms with van der Waals surface area (Å²) in [7, 11) is 0. The van der Waals surface area contributed by atoms with E-state index in [0.29, 0.717) is 31.1 Å². The largest absolute Gasteiger partial charge is 0.339 e. The maximum absolute atomic E-state index is 13.0. The Bertz CT molecular complexity index is 883. The van der Waals surface area contributed by atoms with E-state index >= 15 is 0 Å². The van der Waals surface area contributed by atoms with Crippen LogP contribution in [0.1, 0.15) is 44.5 Å². The molecular formula is C23H27N3O2. The first-order valence-electron chi connectivity index (χ1n) is 9.66. The summed E-state index contributed by atoms with van der Waals surface area (Å²) in [5.74, 6) is 1.23. The molecule has 0 unspecified atom stereocenters. The maximum atomic E-state index is 13.0. The topological polar surface area (TPSA) is 59.2 Å². The Labute approximate surface area is 166 Å². The van der Waals surface area contributed by atoms with Gasteiger partial charge in [-0.1, -0.05) is 74.5 Å². The van der Waals surface area contributed by atoms with Gasteiger partial charge in [-0.3, -0.25) is 4.79 Å². The highest BCUT2D eigenvalue weighted by molar-refractivity contribution is 5.93. The van der Waals surface area contributed by atoms with Gasteiger partial charge >= 0.3 is 0 Å². The highest BCUT2D eigenvalue weighted by Crippen LogP contribution is 2.20. The molecule has 1 amide bonds. The molecule has 0 radical (unpaired) electrons. The average Bonchev–Trinajstić information content (AvgIpc) is 3.18. The fourth-order valence-electron chi connectivity index (χ4n) is 2.90. The van der Waals surface area contributed by atoms with Gasteiger partial charge in [-0.2, -0.15) is 4.98 Å². The Morgan fingerprint density at radius 2 is 1.61 bits per heavy atom. The minimum Gasteiger partial charge on any atom is -0.339 e. The maximum Gasteiger partial charge on any atom is 0.227 e. The van der Waals surface area contributed by atoms with Crippen molar-refractivity contribution in [2.24, 2.45) is 0 Å². The fourth-order valence-corrected chi connectivity index (χ4v) is 2.90. The van der Waals surface area contributed by atoms with Crippen molar-refractivity contribution < 1.29 is 9.32 Å². The normalized spacial score (nSPS) is 11.4. The van der Waals surface area contributed by atoms with E-state index in [0.717, 1.165) is 12.1 Å². The third-order valence-corrected chi connectivity index (χ3v) is 4.53. The minimum absolute atomic E-state index is 0.0534. The second kappa shape index (κ2) is 8.83. The van der Waals surface area contributed by atoms with E-state index in [2.05, 4.69) is 22.3 Å². The van der Waals surface area contributed by atoms with Gasteiger partial charge < -0.3 is 9.42 Å². The van der Waals surface area contributed by atoms with Crippen molar-refractivity contribution in [2.75, 3.05) is 11.4 Å². The van der Waals surface area contributed by atoms with E-state index in [1.165, 1.54) is 5.56 Å². The number of nitrogens with zero attached hydrogens (tertiary/aromatic N) is 3. The van der Waals surface area contributed by atoms with Gasteiger partial charge in [0.1, 0.15) is 0 Å². The predicted octanol–water partition coefficient (Wildman–Crippen LogP) is 4.58. The summed E-state index contributed by atoms with van der Waals surface area (Å²) in [4.78, 5) is 19.2. The van der Waals surface area contributed by atoms with Crippen LogP contribution in [-0.4, -0.2) is 22.6 Å². The van der Waals surface area contributed by atoms with Crippen molar-refractivity contribution in [3.8, 4) is 0 Å². The number of hydrogen-bond donors (Lipinski definition) is 0. The number of aromatic nitrogens is 2. The number of anilines is 1. The molecule has 0 aliphatic rings. The number of carbonyl (C=O) groups excluding carboxylic acids is 1. The summed E-state index contributed by atoms with van der Waals surface area (Å²) in [5, 5.41) is 4.03. The number of amides is 1. The SMILES string of the molecule is CC(C)(C)c1noc(CCC(=O)N(CCc2ccccc2)c2ccccc2)n1. The van der Waals surface area contributed by atoms with Crippen molar-refractivity contribution in [3.05, 3.63) is 77.9 Å². The number of rotatable bonds is 7. The van der Waals surface area contributed by atoms with Crippen LogP contribution in [0.3, 0.4) is 0 Å². The van der Waals surface area contributed by atoms with Gasteiger partial charge in [-0.05, 0) is 24.1 Å². The molecule has 0 N–H and O–H groups in total. The Balaban J connectivity index is 1.67. The first kappa shape index (κ1) is 19.8. The van der Waals surface area contributed by atoms with Crippen molar-refractivity contribution >= 4 is 11.6 Å². The highest BCUT2D eigenvalue weighted by atomic mass is 16.5. The fraction of sp³-hybridized carbons (Fsp3) is 0.348. The molecule has 0 aliphatic carbocycles. The Hall–Kier alpha value is -2.95. The minimum atomic E-state index is -0.169. The zero-order valence-electron chi connectivity index (χ0n) is 16.8. The number of para-hydroxylation sites is 1. The number of hydrogen-bond acceptors (Lipinski definition) is 4. The van der Waals surface area contributed by atoms with E-state index in [9.17, 15) is 4.79 Å². The molecule has 0 spiro atoms. The zero-order valence-corrected chi connectivity index (χ0v) is 16.8. The molecule has 3 rings (SSSR count). The smallest absolute Gasteiger partial charge is 0.227 e. The molecule has 0 fully saturated rings. The van der Waals surface area contributed by atoms with Gasteiger partial charge in [0.25, 0.3) is 0 Å². The molecule has 1 heterocycles. The Morgan fingerprint density at radius 3 is 2.21 bits per heavy atom. The van der Waals surface area contributed by atoms with E-state index in [1.807, 2.05) is 74.2 Å². The lowest BCUT2D eigenvalue weighted by Crippen LogP contribution is -2.33. The molecule has 0 aliphatic heterocycles. The van der Waals surface area contributed by atoms with Gasteiger partial charge in [0.2, 0.25) is 11.8 Å². The van der Waals surface area contributed by atoms with Crippen molar-refractivity contribution in [2.45, 2.75) is 45.4 Å². The van der Waals surface area contributed by atoms with Crippen LogP contribution < -0.4 is 4.90 Å².